The first-order chi connectivity index (χ1) is 9.17. The number of hydrogen-bond acceptors (Lipinski definition) is 2. The Labute approximate surface area is 113 Å². The first-order valence-electron chi connectivity index (χ1n) is 7.17. The van der Waals surface area contributed by atoms with E-state index in [0.29, 0.717) is 18.9 Å². The highest BCUT2D eigenvalue weighted by atomic mass is 19.2. The van der Waals surface area contributed by atoms with Crippen LogP contribution in [0.4, 0.5) is 4.39 Å². The molecule has 0 saturated heterocycles. The van der Waals surface area contributed by atoms with Crippen LogP contribution in [0, 0.1) is 12.8 Å². The largest absolute Gasteiger partial charge is 0.440 e. The molecule has 1 saturated carbocycles. The van der Waals surface area contributed by atoms with Gasteiger partial charge in [-0.3, -0.25) is 4.99 Å². The number of ether oxygens (including phenoxy) is 1. The average molecular weight is 261 g/mol. The molecule has 0 spiro atoms. The van der Waals surface area contributed by atoms with Gasteiger partial charge in [-0.25, -0.2) is 0 Å². The van der Waals surface area contributed by atoms with Crippen LogP contribution in [0.3, 0.4) is 0 Å². The molecule has 0 radical (unpaired) electrons. The van der Waals surface area contributed by atoms with E-state index in [2.05, 4.69) is 4.99 Å². The highest BCUT2D eigenvalue weighted by molar-refractivity contribution is 5.94. The predicted molar refractivity (Wildman–Crippen MR) is 74.1 cm³/mol. The zero-order valence-corrected chi connectivity index (χ0v) is 11.4. The SMILES string of the molecule is Cc1ccc(C2=NC[C@H]3CCCCC[C@@]3(F)O2)cc1. The molecule has 0 N–H and O–H groups in total. The predicted octanol–water partition coefficient (Wildman–Crippen LogP) is 4.02. The van der Waals surface area contributed by atoms with Crippen molar-refractivity contribution in [3.05, 3.63) is 35.4 Å². The minimum Gasteiger partial charge on any atom is -0.440 e. The van der Waals surface area contributed by atoms with Gasteiger partial charge in [0.15, 0.2) is 0 Å². The van der Waals surface area contributed by atoms with E-state index in [1.54, 1.807) is 0 Å². The second kappa shape index (κ2) is 4.95. The Morgan fingerprint density at radius 1 is 1.21 bits per heavy atom. The third kappa shape index (κ3) is 2.51. The normalized spacial score (nSPS) is 30.8. The van der Waals surface area contributed by atoms with Gasteiger partial charge in [0.25, 0.3) is 5.85 Å². The van der Waals surface area contributed by atoms with Gasteiger partial charge >= 0.3 is 0 Å². The van der Waals surface area contributed by atoms with Crippen LogP contribution in [-0.4, -0.2) is 18.3 Å². The molecule has 3 rings (SSSR count). The number of nitrogens with zero attached hydrogens (tertiary/aromatic N) is 1. The number of benzene rings is 1. The third-order valence-electron chi connectivity index (χ3n) is 4.20. The number of aryl methyl sites for hydroxylation is 1. The van der Waals surface area contributed by atoms with E-state index in [1.807, 2.05) is 31.2 Å². The van der Waals surface area contributed by atoms with Crippen LogP contribution in [0.15, 0.2) is 29.3 Å². The monoisotopic (exact) mass is 261 g/mol. The van der Waals surface area contributed by atoms with Crippen molar-refractivity contribution < 1.29 is 9.13 Å². The number of hydrogen-bond donors (Lipinski definition) is 0. The lowest BCUT2D eigenvalue weighted by molar-refractivity contribution is -0.131. The van der Waals surface area contributed by atoms with Crippen molar-refractivity contribution in [2.75, 3.05) is 6.54 Å². The van der Waals surface area contributed by atoms with Gasteiger partial charge in [-0.1, -0.05) is 30.5 Å². The smallest absolute Gasteiger partial charge is 0.254 e. The fraction of sp³-hybridized carbons (Fsp3) is 0.562. The maximum Gasteiger partial charge on any atom is 0.254 e. The van der Waals surface area contributed by atoms with E-state index in [0.717, 1.165) is 31.2 Å². The van der Waals surface area contributed by atoms with Crippen LogP contribution >= 0.6 is 0 Å². The van der Waals surface area contributed by atoms with E-state index in [9.17, 15) is 4.39 Å². The van der Waals surface area contributed by atoms with Crippen LogP contribution in [0.2, 0.25) is 0 Å². The molecule has 0 unspecified atom stereocenters. The Balaban J connectivity index is 1.85. The summed E-state index contributed by atoms with van der Waals surface area (Å²) in [6.45, 7) is 2.59. The molecular weight excluding hydrogens is 241 g/mol. The summed E-state index contributed by atoms with van der Waals surface area (Å²) in [5.74, 6) is -1.09. The van der Waals surface area contributed by atoms with Gasteiger partial charge in [-0.05, 0) is 31.9 Å². The van der Waals surface area contributed by atoms with Gasteiger partial charge in [0.05, 0.1) is 6.54 Å². The summed E-state index contributed by atoms with van der Waals surface area (Å²) in [6.07, 6.45) is 4.50. The summed E-state index contributed by atoms with van der Waals surface area (Å²) < 4.78 is 20.7. The van der Waals surface area contributed by atoms with Crippen molar-refractivity contribution in [3.8, 4) is 0 Å². The molecule has 1 aliphatic heterocycles. The Morgan fingerprint density at radius 2 is 2.00 bits per heavy atom. The third-order valence-corrected chi connectivity index (χ3v) is 4.20. The molecule has 2 aliphatic rings. The molecule has 102 valence electrons. The quantitative estimate of drug-likeness (QED) is 0.748. The summed E-state index contributed by atoms with van der Waals surface area (Å²) in [7, 11) is 0. The van der Waals surface area contributed by atoms with Gasteiger partial charge in [0, 0.05) is 17.9 Å². The second-order valence-electron chi connectivity index (χ2n) is 5.70. The highest BCUT2D eigenvalue weighted by Gasteiger charge is 2.45. The van der Waals surface area contributed by atoms with Crippen molar-refractivity contribution >= 4 is 5.90 Å². The molecular formula is C16H20FNO. The molecule has 0 amide bonds. The van der Waals surface area contributed by atoms with Gasteiger partial charge in [0.1, 0.15) is 0 Å². The van der Waals surface area contributed by atoms with Crippen LogP contribution < -0.4 is 0 Å². The number of rotatable bonds is 1. The summed E-state index contributed by atoms with van der Waals surface area (Å²) in [5, 5.41) is 0. The number of halogens is 1. The van der Waals surface area contributed by atoms with Gasteiger partial charge in [0.2, 0.25) is 5.90 Å². The minimum atomic E-state index is -1.50. The van der Waals surface area contributed by atoms with Crippen molar-refractivity contribution in [1.29, 1.82) is 0 Å². The summed E-state index contributed by atoms with van der Waals surface area (Å²) in [5.41, 5.74) is 2.06. The maximum absolute atomic E-state index is 15.0. The Kier molecular flexibility index (Phi) is 3.29. The van der Waals surface area contributed by atoms with Crippen molar-refractivity contribution in [3.63, 3.8) is 0 Å². The molecule has 1 aromatic carbocycles. The first-order valence-corrected chi connectivity index (χ1v) is 7.17. The standard InChI is InChI=1S/C16H20FNO/c1-12-6-8-13(9-7-12)15-18-11-14-5-3-2-4-10-16(14,17)19-15/h6-9,14H,2-5,10-11H2,1H3/t14-,16-/m1/s1. The Hall–Kier alpha value is -1.38. The molecule has 1 fully saturated rings. The van der Waals surface area contributed by atoms with Crippen molar-refractivity contribution in [1.82, 2.24) is 0 Å². The van der Waals surface area contributed by atoms with E-state index in [1.165, 1.54) is 5.56 Å². The first kappa shape index (κ1) is 12.6. The van der Waals surface area contributed by atoms with Crippen LogP contribution in [-0.2, 0) is 4.74 Å². The topological polar surface area (TPSA) is 21.6 Å². The fourth-order valence-corrected chi connectivity index (χ4v) is 2.95. The summed E-state index contributed by atoms with van der Waals surface area (Å²) >= 11 is 0. The summed E-state index contributed by atoms with van der Waals surface area (Å²) in [4.78, 5) is 4.46. The second-order valence-corrected chi connectivity index (χ2v) is 5.70. The Bertz CT molecular complexity index is 482. The molecule has 3 heteroatoms. The van der Waals surface area contributed by atoms with Crippen LogP contribution in [0.5, 0.6) is 0 Å². The van der Waals surface area contributed by atoms with Crippen LogP contribution in [0.25, 0.3) is 0 Å². The lowest BCUT2D eigenvalue weighted by atomic mass is 9.93. The lowest BCUT2D eigenvalue weighted by Gasteiger charge is -2.35. The molecule has 1 aromatic rings. The highest BCUT2D eigenvalue weighted by Crippen LogP contribution is 2.40. The van der Waals surface area contributed by atoms with Crippen LogP contribution in [0.1, 0.15) is 43.2 Å². The van der Waals surface area contributed by atoms with Crippen molar-refractivity contribution in [2.45, 2.75) is 44.9 Å². The average Bonchev–Trinajstić information content (AvgIpc) is 2.60. The van der Waals surface area contributed by atoms with E-state index in [-0.39, 0.29) is 5.92 Å². The zero-order valence-electron chi connectivity index (χ0n) is 11.4. The van der Waals surface area contributed by atoms with Gasteiger partial charge < -0.3 is 4.74 Å². The molecule has 0 bridgehead atoms. The Morgan fingerprint density at radius 3 is 2.79 bits per heavy atom. The molecule has 19 heavy (non-hydrogen) atoms. The lowest BCUT2D eigenvalue weighted by Crippen LogP contribution is -2.43. The maximum atomic E-state index is 15.0. The molecule has 1 aliphatic carbocycles. The fourth-order valence-electron chi connectivity index (χ4n) is 2.95. The molecule has 2 atom stereocenters. The van der Waals surface area contributed by atoms with Gasteiger partial charge in [-0.2, -0.15) is 4.39 Å². The molecule has 0 aromatic heterocycles. The number of aliphatic imine (C=N–C) groups is 1. The van der Waals surface area contributed by atoms with E-state index >= 15 is 0 Å². The number of alkyl halides is 1. The van der Waals surface area contributed by atoms with Crippen molar-refractivity contribution in [2.24, 2.45) is 10.9 Å². The number of fused-ring (bicyclic) bond motifs is 1. The molecule has 2 nitrogen and oxygen atoms in total. The van der Waals surface area contributed by atoms with E-state index < -0.39 is 5.85 Å². The van der Waals surface area contributed by atoms with E-state index in [4.69, 9.17) is 4.74 Å². The zero-order chi connectivity index (χ0) is 13.3. The molecule has 1 heterocycles. The summed E-state index contributed by atoms with van der Waals surface area (Å²) in [6, 6.07) is 7.92. The minimum absolute atomic E-state index is 0.0656. The van der Waals surface area contributed by atoms with Gasteiger partial charge in [-0.15, -0.1) is 0 Å².